The number of carbonyl (C=O) groups is 2. The number of amides is 1. The number of anilines is 1. The standard InChI is InChI=1S/C10H13NO3S/c1-3-14-10(13)7-8(12)11(2)9-5-4-6-15-9/h4-6H,3,7H2,1-2H3. The Morgan fingerprint density at radius 3 is 2.80 bits per heavy atom. The van der Waals surface area contributed by atoms with E-state index in [1.807, 2.05) is 17.5 Å². The molecule has 0 N–H and O–H groups in total. The molecule has 0 aliphatic heterocycles. The van der Waals surface area contributed by atoms with Crippen LogP contribution in [0.1, 0.15) is 13.3 Å². The minimum atomic E-state index is -0.481. The summed E-state index contributed by atoms with van der Waals surface area (Å²) in [7, 11) is 1.65. The van der Waals surface area contributed by atoms with E-state index in [0.29, 0.717) is 6.61 Å². The van der Waals surface area contributed by atoms with Crippen molar-refractivity contribution in [2.24, 2.45) is 0 Å². The topological polar surface area (TPSA) is 46.6 Å². The van der Waals surface area contributed by atoms with E-state index in [2.05, 4.69) is 0 Å². The largest absolute Gasteiger partial charge is 0.466 e. The molecule has 0 aliphatic carbocycles. The lowest BCUT2D eigenvalue weighted by molar-refractivity contribution is -0.145. The van der Waals surface area contributed by atoms with Gasteiger partial charge >= 0.3 is 5.97 Å². The third-order valence-electron chi connectivity index (χ3n) is 1.81. The maximum atomic E-state index is 11.6. The van der Waals surface area contributed by atoms with Crippen molar-refractivity contribution in [3.8, 4) is 0 Å². The van der Waals surface area contributed by atoms with Crippen LogP contribution in [0.15, 0.2) is 17.5 Å². The van der Waals surface area contributed by atoms with Gasteiger partial charge in [0.05, 0.1) is 11.6 Å². The van der Waals surface area contributed by atoms with Crippen molar-refractivity contribution in [3.63, 3.8) is 0 Å². The lowest BCUT2D eigenvalue weighted by Crippen LogP contribution is -2.28. The number of nitrogens with zero attached hydrogens (tertiary/aromatic N) is 1. The first-order valence-electron chi connectivity index (χ1n) is 4.60. The van der Waals surface area contributed by atoms with E-state index in [0.717, 1.165) is 5.00 Å². The van der Waals surface area contributed by atoms with Crippen LogP contribution in [0.3, 0.4) is 0 Å². The van der Waals surface area contributed by atoms with Crippen molar-refractivity contribution in [1.29, 1.82) is 0 Å². The quantitative estimate of drug-likeness (QED) is 0.580. The molecule has 0 unspecified atom stereocenters. The van der Waals surface area contributed by atoms with Crippen molar-refractivity contribution in [2.75, 3.05) is 18.6 Å². The van der Waals surface area contributed by atoms with Gasteiger partial charge in [-0.15, -0.1) is 11.3 Å². The van der Waals surface area contributed by atoms with E-state index in [1.165, 1.54) is 16.2 Å². The van der Waals surface area contributed by atoms with Crippen molar-refractivity contribution in [1.82, 2.24) is 0 Å². The maximum Gasteiger partial charge on any atom is 0.315 e. The summed E-state index contributed by atoms with van der Waals surface area (Å²) in [5, 5.41) is 2.70. The Morgan fingerprint density at radius 2 is 2.27 bits per heavy atom. The molecular weight excluding hydrogens is 214 g/mol. The highest BCUT2D eigenvalue weighted by molar-refractivity contribution is 7.14. The van der Waals surface area contributed by atoms with Crippen LogP contribution in [-0.2, 0) is 14.3 Å². The maximum absolute atomic E-state index is 11.6. The summed E-state index contributed by atoms with van der Waals surface area (Å²) in [4.78, 5) is 24.1. The Balaban J connectivity index is 2.51. The summed E-state index contributed by atoms with van der Waals surface area (Å²) in [6.07, 6.45) is -0.206. The van der Waals surface area contributed by atoms with Crippen LogP contribution in [-0.4, -0.2) is 25.5 Å². The molecule has 1 aromatic rings. The number of carbonyl (C=O) groups excluding carboxylic acids is 2. The number of thiophene rings is 1. The van der Waals surface area contributed by atoms with Gasteiger partial charge in [0.25, 0.3) is 0 Å². The molecule has 1 rings (SSSR count). The Kier molecular flexibility index (Phi) is 4.30. The normalized spacial score (nSPS) is 9.73. The molecule has 0 aromatic carbocycles. The molecule has 1 aromatic heterocycles. The average molecular weight is 227 g/mol. The number of esters is 1. The van der Waals surface area contributed by atoms with Crippen molar-refractivity contribution >= 4 is 28.2 Å². The van der Waals surface area contributed by atoms with Gasteiger partial charge in [-0.05, 0) is 24.4 Å². The van der Waals surface area contributed by atoms with E-state index in [1.54, 1.807) is 14.0 Å². The second-order valence-electron chi connectivity index (χ2n) is 2.89. The third-order valence-corrected chi connectivity index (χ3v) is 2.76. The highest BCUT2D eigenvalue weighted by Gasteiger charge is 2.16. The molecule has 0 fully saturated rings. The van der Waals surface area contributed by atoms with Crippen molar-refractivity contribution < 1.29 is 14.3 Å². The molecule has 15 heavy (non-hydrogen) atoms. The molecule has 0 bridgehead atoms. The van der Waals surface area contributed by atoms with Gasteiger partial charge in [0, 0.05) is 7.05 Å². The van der Waals surface area contributed by atoms with Gasteiger partial charge in [0.15, 0.2) is 0 Å². The molecule has 0 saturated heterocycles. The van der Waals surface area contributed by atoms with Crippen LogP contribution in [0.5, 0.6) is 0 Å². The summed E-state index contributed by atoms with van der Waals surface area (Å²) in [6, 6.07) is 3.68. The molecular formula is C10H13NO3S. The Hall–Kier alpha value is -1.36. The van der Waals surface area contributed by atoms with Crippen molar-refractivity contribution in [2.45, 2.75) is 13.3 Å². The number of rotatable bonds is 4. The second kappa shape index (κ2) is 5.50. The molecule has 0 aliphatic rings. The Bertz CT molecular complexity index is 334. The van der Waals surface area contributed by atoms with Crippen LogP contribution >= 0.6 is 11.3 Å². The smallest absolute Gasteiger partial charge is 0.315 e. The van der Waals surface area contributed by atoms with E-state index >= 15 is 0 Å². The molecule has 4 nitrogen and oxygen atoms in total. The van der Waals surface area contributed by atoms with Gasteiger partial charge in [-0.3, -0.25) is 9.59 Å². The monoisotopic (exact) mass is 227 g/mol. The Labute approximate surface area is 92.5 Å². The van der Waals surface area contributed by atoms with Gasteiger partial charge in [-0.2, -0.15) is 0 Å². The molecule has 0 atom stereocenters. The Morgan fingerprint density at radius 1 is 1.53 bits per heavy atom. The van der Waals surface area contributed by atoms with E-state index < -0.39 is 5.97 Å². The van der Waals surface area contributed by atoms with Crippen molar-refractivity contribution in [3.05, 3.63) is 17.5 Å². The first-order valence-corrected chi connectivity index (χ1v) is 5.48. The number of ether oxygens (including phenoxy) is 1. The van der Waals surface area contributed by atoms with E-state index in [-0.39, 0.29) is 12.3 Å². The first kappa shape index (κ1) is 11.7. The van der Waals surface area contributed by atoms with E-state index in [9.17, 15) is 9.59 Å². The van der Waals surface area contributed by atoms with Gasteiger partial charge in [0.2, 0.25) is 5.91 Å². The fraction of sp³-hybridized carbons (Fsp3) is 0.400. The summed E-state index contributed by atoms with van der Waals surface area (Å²) in [5.74, 6) is -0.734. The predicted octanol–water partition coefficient (Wildman–Crippen LogP) is 1.66. The lowest BCUT2D eigenvalue weighted by atomic mass is 10.4. The minimum Gasteiger partial charge on any atom is -0.466 e. The number of hydrogen-bond donors (Lipinski definition) is 0. The molecule has 0 spiro atoms. The lowest BCUT2D eigenvalue weighted by Gasteiger charge is -2.13. The zero-order valence-electron chi connectivity index (χ0n) is 8.73. The fourth-order valence-electron chi connectivity index (χ4n) is 1.04. The summed E-state index contributed by atoms with van der Waals surface area (Å²) < 4.78 is 4.70. The van der Waals surface area contributed by atoms with Gasteiger partial charge in [-0.25, -0.2) is 0 Å². The van der Waals surface area contributed by atoms with Crippen LogP contribution < -0.4 is 4.90 Å². The molecule has 1 amide bonds. The van der Waals surface area contributed by atoms with Gasteiger partial charge in [-0.1, -0.05) is 0 Å². The van der Waals surface area contributed by atoms with Gasteiger partial charge < -0.3 is 9.64 Å². The summed E-state index contributed by atoms with van der Waals surface area (Å²) in [6.45, 7) is 2.01. The molecule has 0 saturated carbocycles. The van der Waals surface area contributed by atoms with Crippen LogP contribution in [0, 0.1) is 0 Å². The van der Waals surface area contributed by atoms with Crippen LogP contribution in [0.4, 0.5) is 5.00 Å². The molecule has 0 radical (unpaired) electrons. The SMILES string of the molecule is CCOC(=O)CC(=O)N(C)c1cccs1. The fourth-order valence-corrected chi connectivity index (χ4v) is 1.75. The molecule has 82 valence electrons. The predicted molar refractivity (Wildman–Crippen MR) is 59.0 cm³/mol. The summed E-state index contributed by atoms with van der Waals surface area (Å²) in [5.41, 5.74) is 0. The zero-order chi connectivity index (χ0) is 11.3. The second-order valence-corrected chi connectivity index (χ2v) is 3.81. The zero-order valence-corrected chi connectivity index (χ0v) is 9.54. The van der Waals surface area contributed by atoms with Crippen LogP contribution in [0.2, 0.25) is 0 Å². The van der Waals surface area contributed by atoms with Crippen LogP contribution in [0.25, 0.3) is 0 Å². The van der Waals surface area contributed by atoms with Gasteiger partial charge in [0.1, 0.15) is 6.42 Å². The minimum absolute atomic E-state index is 0.206. The van der Waals surface area contributed by atoms with E-state index in [4.69, 9.17) is 4.74 Å². The third kappa shape index (κ3) is 3.36. The molecule has 5 heteroatoms. The first-order chi connectivity index (χ1) is 7.15. The summed E-state index contributed by atoms with van der Waals surface area (Å²) >= 11 is 1.45. The highest BCUT2D eigenvalue weighted by Crippen LogP contribution is 2.20. The highest BCUT2D eigenvalue weighted by atomic mass is 32.1. The average Bonchev–Trinajstić information content (AvgIpc) is 2.69. The number of hydrogen-bond acceptors (Lipinski definition) is 4. The molecule has 1 heterocycles.